The van der Waals surface area contributed by atoms with Gasteiger partial charge in [-0.25, -0.2) is 4.39 Å². The van der Waals surface area contributed by atoms with E-state index in [1.165, 1.54) is 6.07 Å². The van der Waals surface area contributed by atoms with Crippen LogP contribution in [0.2, 0.25) is 0 Å². The summed E-state index contributed by atoms with van der Waals surface area (Å²) < 4.78 is 15.5. The minimum absolute atomic E-state index is 0.0971. The number of hydrogen-bond acceptors (Lipinski definition) is 1. The third kappa shape index (κ3) is 2.39. The monoisotopic (exact) mass is 347 g/mol. The molecule has 1 atom stereocenters. The lowest BCUT2D eigenvalue weighted by atomic mass is 10.1. The number of benzene rings is 1. The maximum Gasteiger partial charge on any atom is 0.126 e. The minimum Gasteiger partial charge on any atom is -0.305 e. The average Bonchev–Trinajstić information content (AvgIpc) is 2.65. The summed E-state index contributed by atoms with van der Waals surface area (Å²) in [4.78, 5) is 0. The second kappa shape index (κ2) is 4.98. The van der Waals surface area contributed by atoms with E-state index in [4.69, 9.17) is 0 Å². The number of nitrogens with one attached hydrogen (secondary N) is 1. The van der Waals surface area contributed by atoms with Gasteiger partial charge in [0.25, 0.3) is 0 Å². The van der Waals surface area contributed by atoms with E-state index in [0.29, 0.717) is 6.54 Å². The van der Waals surface area contributed by atoms with Crippen LogP contribution >= 0.6 is 31.9 Å². The second-order valence-corrected chi connectivity index (χ2v) is 5.89. The zero-order chi connectivity index (χ0) is 11.7. The number of fused-ring (bicyclic) bond motifs is 1. The van der Waals surface area contributed by atoms with Crippen LogP contribution in [0.5, 0.6) is 0 Å². The Morgan fingerprint density at radius 3 is 3.00 bits per heavy atom. The van der Waals surface area contributed by atoms with Crippen molar-refractivity contribution in [2.75, 3.05) is 6.54 Å². The highest BCUT2D eigenvalue weighted by atomic mass is 79.9. The molecule has 0 saturated carbocycles. The van der Waals surface area contributed by atoms with E-state index in [-0.39, 0.29) is 11.9 Å². The largest absolute Gasteiger partial charge is 0.305 e. The first-order valence-corrected chi connectivity index (χ1v) is 6.71. The van der Waals surface area contributed by atoms with Crippen LogP contribution in [0.15, 0.2) is 27.7 Å². The van der Waals surface area contributed by atoms with E-state index in [1.807, 2.05) is 0 Å². The lowest BCUT2D eigenvalue weighted by molar-refractivity contribution is 0.561. The molecule has 0 saturated heterocycles. The molecule has 0 radical (unpaired) electrons. The predicted molar refractivity (Wildman–Crippen MR) is 71.2 cm³/mol. The molecule has 2 rings (SSSR count). The van der Waals surface area contributed by atoms with Crippen molar-refractivity contribution in [2.24, 2.45) is 0 Å². The van der Waals surface area contributed by atoms with Crippen LogP contribution < -0.4 is 5.32 Å². The van der Waals surface area contributed by atoms with Gasteiger partial charge in [0.05, 0.1) is 0 Å². The molecule has 1 unspecified atom stereocenters. The van der Waals surface area contributed by atoms with Crippen LogP contribution in [0.25, 0.3) is 0 Å². The molecule has 0 bridgehead atoms. The molecule has 4 heteroatoms. The molecular weight excluding hydrogens is 337 g/mol. The number of halogens is 3. The Morgan fingerprint density at radius 1 is 1.56 bits per heavy atom. The van der Waals surface area contributed by atoms with Crippen molar-refractivity contribution in [3.8, 4) is 0 Å². The zero-order valence-corrected chi connectivity index (χ0v) is 11.9. The molecule has 1 aromatic rings. The molecular formula is C12H12Br2FN. The minimum atomic E-state index is -0.0971. The highest BCUT2D eigenvalue weighted by Crippen LogP contribution is 2.37. The Hall–Kier alpha value is -0.190. The van der Waals surface area contributed by atoms with Gasteiger partial charge in [-0.3, -0.25) is 0 Å². The van der Waals surface area contributed by atoms with E-state index >= 15 is 0 Å². The molecule has 1 N–H and O–H groups in total. The molecule has 0 spiro atoms. The third-order valence-corrected chi connectivity index (χ3v) is 3.79. The zero-order valence-electron chi connectivity index (χ0n) is 8.69. The van der Waals surface area contributed by atoms with Crippen LogP contribution in [0, 0.1) is 5.82 Å². The van der Waals surface area contributed by atoms with E-state index < -0.39 is 0 Å². The summed E-state index contributed by atoms with van der Waals surface area (Å²) in [5.74, 6) is -0.0971. The molecule has 0 aromatic heterocycles. The lowest BCUT2D eigenvalue weighted by Crippen LogP contribution is -2.20. The van der Waals surface area contributed by atoms with Gasteiger partial charge in [0.1, 0.15) is 5.82 Å². The molecule has 1 aromatic carbocycles. The van der Waals surface area contributed by atoms with Crippen LogP contribution in [0.1, 0.15) is 23.6 Å². The van der Waals surface area contributed by atoms with Crippen molar-refractivity contribution in [1.82, 2.24) is 5.32 Å². The Labute approximate surface area is 111 Å². The van der Waals surface area contributed by atoms with Crippen molar-refractivity contribution in [1.29, 1.82) is 0 Å². The highest BCUT2D eigenvalue weighted by molar-refractivity contribution is 9.11. The summed E-state index contributed by atoms with van der Waals surface area (Å²) in [6.45, 7) is 4.48. The van der Waals surface area contributed by atoms with E-state index in [0.717, 1.165) is 32.9 Å². The average molecular weight is 349 g/mol. The molecule has 1 aliphatic carbocycles. The summed E-state index contributed by atoms with van der Waals surface area (Å²) in [5.41, 5.74) is 1.90. The third-order valence-electron chi connectivity index (χ3n) is 2.82. The summed E-state index contributed by atoms with van der Waals surface area (Å²) in [6.07, 6.45) is 1.74. The molecule has 1 aliphatic rings. The lowest BCUT2D eigenvalue weighted by Gasteiger charge is -2.15. The normalized spacial score (nSPS) is 18.6. The van der Waals surface area contributed by atoms with Crippen LogP contribution in [-0.4, -0.2) is 6.54 Å². The van der Waals surface area contributed by atoms with Crippen molar-refractivity contribution >= 4 is 31.9 Å². The van der Waals surface area contributed by atoms with Crippen LogP contribution in [0.3, 0.4) is 0 Å². The van der Waals surface area contributed by atoms with Gasteiger partial charge in [-0.15, -0.1) is 0 Å². The van der Waals surface area contributed by atoms with Gasteiger partial charge in [-0.2, -0.15) is 0 Å². The molecule has 0 heterocycles. The first-order chi connectivity index (χ1) is 7.59. The van der Waals surface area contributed by atoms with Gasteiger partial charge in [0.15, 0.2) is 0 Å². The van der Waals surface area contributed by atoms with Crippen LogP contribution in [0.4, 0.5) is 4.39 Å². The Balaban J connectivity index is 2.25. The standard InChI is InChI=1S/C12H12Br2FN/c1-7(13)6-16-11-5-2-8-10(15)4-3-9(14)12(8)11/h3-4,11,16H,1-2,5-6H2. The van der Waals surface area contributed by atoms with E-state index in [1.54, 1.807) is 6.07 Å². The Morgan fingerprint density at radius 2 is 2.31 bits per heavy atom. The molecule has 86 valence electrons. The highest BCUT2D eigenvalue weighted by Gasteiger charge is 2.26. The fourth-order valence-corrected chi connectivity index (χ4v) is 2.92. The fourth-order valence-electron chi connectivity index (χ4n) is 2.11. The summed E-state index contributed by atoms with van der Waals surface area (Å²) in [6, 6.07) is 3.51. The number of hydrogen-bond donors (Lipinski definition) is 1. The molecule has 16 heavy (non-hydrogen) atoms. The first-order valence-electron chi connectivity index (χ1n) is 5.13. The smallest absolute Gasteiger partial charge is 0.126 e. The quantitative estimate of drug-likeness (QED) is 0.868. The van der Waals surface area contributed by atoms with Crippen molar-refractivity contribution in [2.45, 2.75) is 18.9 Å². The summed E-state index contributed by atoms with van der Waals surface area (Å²) in [5, 5.41) is 3.36. The Bertz CT molecular complexity index is 431. The molecule has 0 amide bonds. The molecule has 1 nitrogen and oxygen atoms in total. The number of rotatable bonds is 3. The van der Waals surface area contributed by atoms with Gasteiger partial charge in [0, 0.05) is 21.5 Å². The van der Waals surface area contributed by atoms with E-state index in [2.05, 4.69) is 43.8 Å². The SMILES string of the molecule is C=C(Br)CNC1CCc2c(F)ccc(Br)c21. The van der Waals surface area contributed by atoms with Crippen molar-refractivity contribution in [3.63, 3.8) is 0 Å². The van der Waals surface area contributed by atoms with Gasteiger partial charge in [-0.1, -0.05) is 38.4 Å². The fraction of sp³-hybridized carbons (Fsp3) is 0.333. The second-order valence-electron chi connectivity index (χ2n) is 3.91. The van der Waals surface area contributed by atoms with Gasteiger partial charge < -0.3 is 5.32 Å². The maximum absolute atomic E-state index is 13.6. The first kappa shape index (κ1) is 12.3. The predicted octanol–water partition coefficient (Wildman–Crippen LogP) is 4.07. The molecule has 0 fully saturated rings. The topological polar surface area (TPSA) is 12.0 Å². The van der Waals surface area contributed by atoms with Crippen molar-refractivity contribution < 1.29 is 4.39 Å². The van der Waals surface area contributed by atoms with Gasteiger partial charge in [0.2, 0.25) is 0 Å². The van der Waals surface area contributed by atoms with Gasteiger partial charge in [-0.05, 0) is 36.1 Å². The summed E-state index contributed by atoms with van der Waals surface area (Å²) >= 11 is 6.80. The molecule has 0 aliphatic heterocycles. The summed E-state index contributed by atoms with van der Waals surface area (Å²) in [7, 11) is 0. The van der Waals surface area contributed by atoms with Crippen molar-refractivity contribution in [3.05, 3.63) is 44.6 Å². The van der Waals surface area contributed by atoms with Gasteiger partial charge >= 0.3 is 0 Å². The Kier molecular flexibility index (Phi) is 3.82. The van der Waals surface area contributed by atoms with Crippen LogP contribution in [-0.2, 0) is 6.42 Å². The van der Waals surface area contributed by atoms with E-state index in [9.17, 15) is 4.39 Å². The maximum atomic E-state index is 13.6.